The van der Waals surface area contributed by atoms with Gasteiger partial charge >= 0.3 is 0 Å². The summed E-state index contributed by atoms with van der Waals surface area (Å²) in [7, 11) is 0. The molecule has 2 atom stereocenters. The van der Waals surface area contributed by atoms with Crippen molar-refractivity contribution in [2.45, 2.75) is 45.6 Å². The maximum atomic E-state index is 12.2. The molecule has 0 aromatic heterocycles. The lowest BCUT2D eigenvalue weighted by atomic mass is 9.95. The molecule has 0 saturated carbocycles. The fourth-order valence-corrected chi connectivity index (χ4v) is 2.17. The second kappa shape index (κ2) is 5.50. The molecule has 0 bridgehead atoms. The summed E-state index contributed by atoms with van der Waals surface area (Å²) >= 11 is 0. The van der Waals surface area contributed by atoms with E-state index in [2.05, 4.69) is 6.07 Å². The third-order valence-corrected chi connectivity index (χ3v) is 3.45. The molecule has 0 aromatic rings. The van der Waals surface area contributed by atoms with E-state index in [4.69, 9.17) is 5.26 Å². The van der Waals surface area contributed by atoms with Crippen molar-refractivity contribution in [2.75, 3.05) is 13.1 Å². The smallest absolute Gasteiger partial charge is 0.240 e. The van der Waals surface area contributed by atoms with E-state index >= 15 is 0 Å². The van der Waals surface area contributed by atoms with Crippen LogP contribution in [0, 0.1) is 23.2 Å². The van der Waals surface area contributed by atoms with Crippen molar-refractivity contribution in [3.05, 3.63) is 0 Å². The second-order valence-electron chi connectivity index (χ2n) is 5.53. The van der Waals surface area contributed by atoms with Gasteiger partial charge in [0.1, 0.15) is 5.92 Å². The second-order valence-corrected chi connectivity index (χ2v) is 5.53. The molecule has 1 fully saturated rings. The third kappa shape index (κ3) is 3.71. The summed E-state index contributed by atoms with van der Waals surface area (Å²) in [4.78, 5) is 13.9. The number of rotatable bonds is 2. The van der Waals surface area contributed by atoms with Crippen molar-refractivity contribution in [3.8, 4) is 6.07 Å². The molecule has 1 aliphatic heterocycles. The Labute approximate surface area is 103 Å². The summed E-state index contributed by atoms with van der Waals surface area (Å²) < 4.78 is 0. The number of hydrogen-bond acceptors (Lipinski definition) is 3. The first-order valence-electron chi connectivity index (χ1n) is 6.28. The zero-order chi connectivity index (χ0) is 13.1. The molecule has 4 nitrogen and oxygen atoms in total. The van der Waals surface area contributed by atoms with Crippen molar-refractivity contribution in [2.24, 2.45) is 11.8 Å². The molecule has 1 aliphatic rings. The van der Waals surface area contributed by atoms with Crippen molar-refractivity contribution in [1.82, 2.24) is 4.90 Å². The Morgan fingerprint density at radius 2 is 2.06 bits per heavy atom. The van der Waals surface area contributed by atoms with E-state index in [0.717, 1.165) is 12.8 Å². The normalized spacial score (nSPS) is 27.4. The van der Waals surface area contributed by atoms with Crippen LogP contribution in [0.25, 0.3) is 0 Å². The van der Waals surface area contributed by atoms with Gasteiger partial charge in [-0.1, -0.05) is 13.8 Å². The Morgan fingerprint density at radius 1 is 1.41 bits per heavy atom. The van der Waals surface area contributed by atoms with E-state index < -0.39 is 11.5 Å². The zero-order valence-corrected chi connectivity index (χ0v) is 10.9. The first kappa shape index (κ1) is 14.0. The predicted octanol–water partition coefficient (Wildman–Crippen LogP) is 1.55. The molecule has 0 aliphatic carbocycles. The lowest BCUT2D eigenvalue weighted by Gasteiger charge is -2.25. The van der Waals surface area contributed by atoms with Gasteiger partial charge in [-0.25, -0.2) is 0 Å². The summed E-state index contributed by atoms with van der Waals surface area (Å²) in [6.07, 6.45) is 2.11. The van der Waals surface area contributed by atoms with E-state index in [0.29, 0.717) is 19.5 Å². The van der Waals surface area contributed by atoms with Gasteiger partial charge in [0.15, 0.2) is 0 Å². The number of amides is 1. The average Bonchev–Trinajstić information content (AvgIpc) is 2.39. The van der Waals surface area contributed by atoms with Crippen molar-refractivity contribution in [3.63, 3.8) is 0 Å². The summed E-state index contributed by atoms with van der Waals surface area (Å²) in [6, 6.07) is 2.09. The molecule has 2 unspecified atom stereocenters. The number of nitriles is 1. The predicted molar refractivity (Wildman–Crippen MR) is 65.0 cm³/mol. The topological polar surface area (TPSA) is 64.3 Å². The van der Waals surface area contributed by atoms with Crippen LogP contribution in [0.2, 0.25) is 0 Å². The van der Waals surface area contributed by atoms with E-state index in [1.165, 1.54) is 0 Å². The highest BCUT2D eigenvalue weighted by atomic mass is 16.3. The van der Waals surface area contributed by atoms with Crippen molar-refractivity contribution in [1.29, 1.82) is 5.26 Å². The largest absolute Gasteiger partial charge is 0.390 e. The van der Waals surface area contributed by atoms with Crippen LogP contribution in [0.1, 0.15) is 40.0 Å². The van der Waals surface area contributed by atoms with Crippen LogP contribution in [0.3, 0.4) is 0 Å². The van der Waals surface area contributed by atoms with Crippen LogP contribution >= 0.6 is 0 Å². The van der Waals surface area contributed by atoms with Gasteiger partial charge in [-0.2, -0.15) is 5.26 Å². The van der Waals surface area contributed by atoms with E-state index in [1.807, 2.05) is 20.8 Å². The first-order valence-corrected chi connectivity index (χ1v) is 6.28. The molecule has 17 heavy (non-hydrogen) atoms. The summed E-state index contributed by atoms with van der Waals surface area (Å²) in [6.45, 7) is 6.79. The fourth-order valence-electron chi connectivity index (χ4n) is 2.17. The standard InChI is InChI=1S/C13H22N2O2/c1-10(2)11(9-14)12(16)15-7-4-5-13(3,17)6-8-15/h10-11,17H,4-8H2,1-3H3. The van der Waals surface area contributed by atoms with Crippen molar-refractivity contribution >= 4 is 5.91 Å². The molecular formula is C13H22N2O2. The molecule has 1 amide bonds. The van der Waals surface area contributed by atoms with Gasteiger partial charge in [-0.05, 0) is 32.1 Å². The van der Waals surface area contributed by atoms with Gasteiger partial charge in [-0.15, -0.1) is 0 Å². The van der Waals surface area contributed by atoms with Crippen LogP contribution in [0.5, 0.6) is 0 Å². The first-order chi connectivity index (χ1) is 7.87. The highest BCUT2D eigenvalue weighted by Crippen LogP contribution is 2.23. The number of likely N-dealkylation sites (tertiary alicyclic amines) is 1. The minimum Gasteiger partial charge on any atom is -0.390 e. The quantitative estimate of drug-likeness (QED) is 0.793. The molecule has 1 N–H and O–H groups in total. The lowest BCUT2D eigenvalue weighted by molar-refractivity contribution is -0.135. The minimum atomic E-state index is -0.672. The lowest BCUT2D eigenvalue weighted by Crippen LogP contribution is -2.39. The Bertz CT molecular complexity index is 318. The van der Waals surface area contributed by atoms with Gasteiger partial charge in [0.25, 0.3) is 0 Å². The van der Waals surface area contributed by atoms with E-state index in [1.54, 1.807) is 4.90 Å². The van der Waals surface area contributed by atoms with Gasteiger partial charge in [-0.3, -0.25) is 4.79 Å². The molecule has 1 saturated heterocycles. The number of hydrogen-bond donors (Lipinski definition) is 1. The minimum absolute atomic E-state index is 0.0382. The maximum Gasteiger partial charge on any atom is 0.240 e. The summed E-state index contributed by atoms with van der Waals surface area (Å²) in [5, 5.41) is 19.0. The molecule has 0 aromatic carbocycles. The van der Waals surface area contributed by atoms with E-state index in [9.17, 15) is 9.90 Å². The SMILES string of the molecule is CC(C)C(C#N)C(=O)N1CCCC(C)(O)CC1. The highest BCUT2D eigenvalue weighted by molar-refractivity contribution is 5.81. The van der Waals surface area contributed by atoms with Gasteiger partial charge in [0, 0.05) is 13.1 Å². The third-order valence-electron chi connectivity index (χ3n) is 3.45. The fraction of sp³-hybridized carbons (Fsp3) is 0.846. The maximum absolute atomic E-state index is 12.2. The molecule has 96 valence electrons. The van der Waals surface area contributed by atoms with Gasteiger partial charge in [0.2, 0.25) is 5.91 Å². The zero-order valence-electron chi connectivity index (χ0n) is 10.9. The Balaban J connectivity index is 2.67. The number of aliphatic hydroxyl groups is 1. The molecule has 1 rings (SSSR count). The number of nitrogens with zero attached hydrogens (tertiary/aromatic N) is 2. The Morgan fingerprint density at radius 3 is 2.59 bits per heavy atom. The van der Waals surface area contributed by atoms with Crippen LogP contribution in [-0.2, 0) is 4.79 Å². The monoisotopic (exact) mass is 238 g/mol. The summed E-state index contributed by atoms with van der Waals surface area (Å²) in [5.74, 6) is -0.602. The van der Waals surface area contributed by atoms with Gasteiger partial charge < -0.3 is 10.0 Å². The molecular weight excluding hydrogens is 216 g/mol. The molecule has 4 heteroatoms. The highest BCUT2D eigenvalue weighted by Gasteiger charge is 2.31. The van der Waals surface area contributed by atoms with Crippen LogP contribution < -0.4 is 0 Å². The number of carbonyl (C=O) groups is 1. The molecule has 1 heterocycles. The molecule has 0 radical (unpaired) electrons. The van der Waals surface area contributed by atoms with Crippen LogP contribution in [-0.4, -0.2) is 34.6 Å². The summed E-state index contributed by atoms with van der Waals surface area (Å²) in [5.41, 5.74) is -0.672. The van der Waals surface area contributed by atoms with E-state index in [-0.39, 0.29) is 11.8 Å². The van der Waals surface area contributed by atoms with Crippen molar-refractivity contribution < 1.29 is 9.90 Å². The van der Waals surface area contributed by atoms with Gasteiger partial charge in [0.05, 0.1) is 11.7 Å². The van der Waals surface area contributed by atoms with Crippen LogP contribution in [0.15, 0.2) is 0 Å². The Hall–Kier alpha value is -1.08. The molecule has 0 spiro atoms. The van der Waals surface area contributed by atoms with Crippen LogP contribution in [0.4, 0.5) is 0 Å². The Kier molecular flexibility index (Phi) is 4.53. The number of carbonyl (C=O) groups excluding carboxylic acids is 1. The average molecular weight is 238 g/mol.